The summed E-state index contributed by atoms with van der Waals surface area (Å²) >= 11 is 0. The fourth-order valence-corrected chi connectivity index (χ4v) is 1.49. The smallest absolute Gasteiger partial charge is 0.349 e. The van der Waals surface area contributed by atoms with Crippen LogP contribution >= 0.6 is 0 Å². The van der Waals surface area contributed by atoms with Crippen LogP contribution in [0.25, 0.3) is 0 Å². The minimum absolute atomic E-state index is 0.444. The highest BCUT2D eigenvalue weighted by Gasteiger charge is 2.44. The van der Waals surface area contributed by atoms with E-state index in [0.717, 1.165) is 0 Å². The summed E-state index contributed by atoms with van der Waals surface area (Å²) in [5, 5.41) is 0. The van der Waals surface area contributed by atoms with E-state index in [9.17, 15) is 14.0 Å². The monoisotopic (exact) mass is 224 g/mol. The summed E-state index contributed by atoms with van der Waals surface area (Å²) in [6, 6.07) is 6.35. The van der Waals surface area contributed by atoms with Crippen LogP contribution < -0.4 is 4.74 Å². The van der Waals surface area contributed by atoms with Crippen molar-refractivity contribution in [3.8, 4) is 5.75 Å². The number of Topliss-reactive ketones (excluding diaryl/α,β-unsaturated/α-hetero) is 1. The lowest BCUT2D eigenvalue weighted by Crippen LogP contribution is -2.17. The third-order valence-electron chi connectivity index (χ3n) is 2.37. The second-order valence-electron chi connectivity index (χ2n) is 3.36. The number of carbonyl (C=O) groups excluding carboxylic acids is 2. The standard InChI is InChI=1S/C11H9FO4/c1-15-7-4-2-6(3-5-7)10-9(13)8(12)11(14)16-10/h2-5,8,10H,1H3. The van der Waals surface area contributed by atoms with E-state index in [4.69, 9.17) is 4.74 Å². The van der Waals surface area contributed by atoms with Crippen LogP contribution in [-0.4, -0.2) is 25.0 Å². The van der Waals surface area contributed by atoms with Gasteiger partial charge in [0.2, 0.25) is 5.78 Å². The van der Waals surface area contributed by atoms with Gasteiger partial charge in [0.05, 0.1) is 7.11 Å². The number of hydrogen-bond donors (Lipinski definition) is 0. The summed E-state index contributed by atoms with van der Waals surface area (Å²) in [7, 11) is 1.51. The van der Waals surface area contributed by atoms with Gasteiger partial charge in [0.15, 0.2) is 6.10 Å². The van der Waals surface area contributed by atoms with E-state index in [2.05, 4.69) is 4.74 Å². The molecule has 2 atom stereocenters. The summed E-state index contributed by atoms with van der Waals surface area (Å²) in [5.74, 6) is -1.36. The first-order valence-electron chi connectivity index (χ1n) is 4.65. The molecule has 0 amide bonds. The van der Waals surface area contributed by atoms with E-state index in [1.54, 1.807) is 24.3 Å². The molecule has 1 aromatic carbocycles. The third-order valence-corrected chi connectivity index (χ3v) is 2.37. The Labute approximate surface area is 91.0 Å². The number of cyclic esters (lactones) is 1. The van der Waals surface area contributed by atoms with E-state index in [0.29, 0.717) is 11.3 Å². The lowest BCUT2D eigenvalue weighted by Gasteiger charge is -2.08. The Morgan fingerprint density at radius 3 is 2.31 bits per heavy atom. The quantitative estimate of drug-likeness (QED) is 0.559. The number of methoxy groups -OCH3 is 1. The second kappa shape index (κ2) is 3.92. The molecule has 0 saturated carbocycles. The number of rotatable bonds is 2. The van der Waals surface area contributed by atoms with Crippen LogP contribution in [0.2, 0.25) is 0 Å². The van der Waals surface area contributed by atoms with Crippen molar-refractivity contribution in [2.45, 2.75) is 12.3 Å². The maximum atomic E-state index is 12.9. The number of carbonyl (C=O) groups is 2. The van der Waals surface area contributed by atoms with Gasteiger partial charge in [-0.2, -0.15) is 0 Å². The summed E-state index contributed by atoms with van der Waals surface area (Å²) in [6.07, 6.45) is -3.29. The maximum Gasteiger partial charge on any atom is 0.349 e. The Balaban J connectivity index is 2.25. The van der Waals surface area contributed by atoms with Crippen molar-refractivity contribution in [2.75, 3.05) is 7.11 Å². The molecule has 1 aliphatic heterocycles. The molecule has 0 spiro atoms. The van der Waals surface area contributed by atoms with Gasteiger partial charge in [-0.3, -0.25) is 4.79 Å². The first-order valence-corrected chi connectivity index (χ1v) is 4.65. The van der Waals surface area contributed by atoms with Crippen LogP contribution in [0.15, 0.2) is 24.3 Å². The van der Waals surface area contributed by atoms with Crippen LogP contribution in [0.4, 0.5) is 4.39 Å². The van der Waals surface area contributed by atoms with Crippen molar-refractivity contribution in [2.24, 2.45) is 0 Å². The first-order chi connectivity index (χ1) is 7.63. The highest BCUT2D eigenvalue weighted by Crippen LogP contribution is 2.29. The molecule has 1 aliphatic rings. The molecule has 0 bridgehead atoms. The summed E-state index contributed by atoms with van der Waals surface area (Å²) in [5.41, 5.74) is 0.444. The first kappa shape index (κ1) is 10.6. The van der Waals surface area contributed by atoms with Crippen molar-refractivity contribution in [1.82, 2.24) is 0 Å². The predicted octanol–water partition coefficient (Wildman–Crippen LogP) is 1.20. The minimum Gasteiger partial charge on any atom is -0.497 e. The van der Waals surface area contributed by atoms with Gasteiger partial charge in [0.25, 0.3) is 6.17 Å². The largest absolute Gasteiger partial charge is 0.497 e. The third kappa shape index (κ3) is 1.64. The highest BCUT2D eigenvalue weighted by molar-refractivity contribution is 6.09. The van der Waals surface area contributed by atoms with Gasteiger partial charge in [-0.05, 0) is 12.1 Å². The molecular weight excluding hydrogens is 215 g/mol. The number of hydrogen-bond acceptors (Lipinski definition) is 4. The van der Waals surface area contributed by atoms with Gasteiger partial charge < -0.3 is 9.47 Å². The molecule has 84 valence electrons. The average molecular weight is 224 g/mol. The lowest BCUT2D eigenvalue weighted by molar-refractivity contribution is -0.145. The molecule has 5 heteroatoms. The molecule has 0 aliphatic carbocycles. The number of benzene rings is 1. The molecular formula is C11H9FO4. The van der Waals surface area contributed by atoms with E-state index in [1.165, 1.54) is 7.11 Å². The minimum atomic E-state index is -2.16. The van der Waals surface area contributed by atoms with E-state index >= 15 is 0 Å². The van der Waals surface area contributed by atoms with Gasteiger partial charge in [0.1, 0.15) is 5.75 Å². The van der Waals surface area contributed by atoms with E-state index in [-0.39, 0.29) is 0 Å². The van der Waals surface area contributed by atoms with Crippen LogP contribution in [-0.2, 0) is 14.3 Å². The van der Waals surface area contributed by atoms with Crippen LogP contribution in [0.3, 0.4) is 0 Å². The van der Waals surface area contributed by atoms with Gasteiger partial charge in [-0.1, -0.05) is 12.1 Å². The SMILES string of the molecule is COc1ccc(C2OC(=O)C(F)C2=O)cc1. The Morgan fingerprint density at radius 2 is 1.88 bits per heavy atom. The number of ether oxygens (including phenoxy) is 2. The molecule has 1 heterocycles. The number of halogens is 1. The molecule has 0 aromatic heterocycles. The zero-order valence-electron chi connectivity index (χ0n) is 8.48. The van der Waals surface area contributed by atoms with Gasteiger partial charge in [-0.15, -0.1) is 0 Å². The maximum absolute atomic E-state index is 12.9. The molecule has 4 nitrogen and oxygen atoms in total. The Morgan fingerprint density at radius 1 is 1.25 bits per heavy atom. The van der Waals surface area contributed by atoms with Crippen LogP contribution in [0, 0.1) is 0 Å². The molecule has 1 saturated heterocycles. The molecule has 16 heavy (non-hydrogen) atoms. The zero-order valence-corrected chi connectivity index (χ0v) is 8.48. The zero-order chi connectivity index (χ0) is 11.7. The van der Waals surface area contributed by atoms with Gasteiger partial charge in [0, 0.05) is 5.56 Å². The van der Waals surface area contributed by atoms with Crippen LogP contribution in [0.5, 0.6) is 5.75 Å². The van der Waals surface area contributed by atoms with Gasteiger partial charge in [-0.25, -0.2) is 9.18 Å². The Hall–Kier alpha value is -1.91. The highest BCUT2D eigenvalue weighted by atomic mass is 19.1. The fraction of sp³-hybridized carbons (Fsp3) is 0.273. The normalized spacial score (nSPS) is 24.4. The number of alkyl halides is 1. The molecule has 0 radical (unpaired) electrons. The number of ketones is 1. The average Bonchev–Trinajstić information content (AvgIpc) is 2.57. The van der Waals surface area contributed by atoms with Crippen LogP contribution in [0.1, 0.15) is 11.7 Å². The van der Waals surface area contributed by atoms with Crippen molar-refractivity contribution in [1.29, 1.82) is 0 Å². The van der Waals surface area contributed by atoms with E-state index < -0.39 is 24.0 Å². The molecule has 2 unspecified atom stereocenters. The topological polar surface area (TPSA) is 52.6 Å². The number of esters is 1. The van der Waals surface area contributed by atoms with Crippen molar-refractivity contribution < 1.29 is 23.5 Å². The van der Waals surface area contributed by atoms with Crippen molar-refractivity contribution >= 4 is 11.8 Å². The summed E-state index contributed by atoms with van der Waals surface area (Å²) in [6.45, 7) is 0. The Kier molecular flexibility index (Phi) is 2.60. The summed E-state index contributed by atoms with van der Waals surface area (Å²) < 4.78 is 22.5. The van der Waals surface area contributed by atoms with Gasteiger partial charge >= 0.3 is 5.97 Å². The fourth-order valence-electron chi connectivity index (χ4n) is 1.49. The molecule has 1 aromatic rings. The molecule has 2 rings (SSSR count). The molecule has 1 fully saturated rings. The van der Waals surface area contributed by atoms with Crippen molar-refractivity contribution in [3.63, 3.8) is 0 Å². The second-order valence-corrected chi connectivity index (χ2v) is 3.36. The summed E-state index contributed by atoms with van der Waals surface area (Å²) in [4.78, 5) is 22.2. The van der Waals surface area contributed by atoms with E-state index in [1.807, 2.05) is 0 Å². The Bertz CT molecular complexity index is 426. The lowest BCUT2D eigenvalue weighted by atomic mass is 10.1. The van der Waals surface area contributed by atoms with Crippen molar-refractivity contribution in [3.05, 3.63) is 29.8 Å². The predicted molar refractivity (Wildman–Crippen MR) is 51.7 cm³/mol. The molecule has 0 N–H and O–H groups in total.